The van der Waals surface area contributed by atoms with Crippen molar-refractivity contribution in [2.24, 2.45) is 0 Å². The Morgan fingerprint density at radius 2 is 1.58 bits per heavy atom. The van der Waals surface area contributed by atoms with Crippen molar-refractivity contribution in [3.05, 3.63) is 93.5 Å². The van der Waals surface area contributed by atoms with Crippen LogP contribution in [-0.4, -0.2) is 26.6 Å². The van der Waals surface area contributed by atoms with Crippen molar-refractivity contribution in [3.63, 3.8) is 0 Å². The first-order valence-electron chi connectivity index (χ1n) is 10.1. The topological polar surface area (TPSA) is 88.4 Å². The molecular formula is C23H15ClF4N4O4. The van der Waals surface area contributed by atoms with Crippen LogP contribution in [0.4, 0.5) is 17.6 Å². The van der Waals surface area contributed by atoms with Crippen LogP contribution in [0.5, 0.6) is 29.1 Å². The first-order chi connectivity index (χ1) is 17.1. The van der Waals surface area contributed by atoms with E-state index in [0.29, 0.717) is 5.56 Å². The second kappa shape index (κ2) is 10.2. The fourth-order valence-corrected chi connectivity index (χ4v) is 3.20. The number of methoxy groups -OCH3 is 1. The summed E-state index contributed by atoms with van der Waals surface area (Å²) in [7, 11) is 1.41. The summed E-state index contributed by atoms with van der Waals surface area (Å²) < 4.78 is 70.3. The van der Waals surface area contributed by atoms with Crippen LogP contribution in [0, 0.1) is 5.82 Å². The van der Waals surface area contributed by atoms with Crippen molar-refractivity contribution < 1.29 is 31.8 Å². The van der Waals surface area contributed by atoms with Crippen LogP contribution in [0.15, 0.2) is 65.8 Å². The Kier molecular flexibility index (Phi) is 7.06. The normalized spacial score (nSPS) is 11.3. The lowest BCUT2D eigenvalue weighted by molar-refractivity contribution is -0.137. The monoisotopic (exact) mass is 522 g/mol. The molecule has 0 unspecified atom stereocenters. The van der Waals surface area contributed by atoms with Crippen LogP contribution in [0.3, 0.4) is 0 Å². The first-order valence-corrected chi connectivity index (χ1v) is 10.4. The molecule has 0 aliphatic carbocycles. The third-order valence-corrected chi connectivity index (χ3v) is 4.98. The molecule has 186 valence electrons. The Morgan fingerprint density at radius 1 is 0.972 bits per heavy atom. The number of alkyl halides is 3. The summed E-state index contributed by atoms with van der Waals surface area (Å²) >= 11 is 5.60. The van der Waals surface area contributed by atoms with Gasteiger partial charge in [0.15, 0.2) is 0 Å². The number of hydrogen-bond donors (Lipinski definition) is 0. The van der Waals surface area contributed by atoms with E-state index < -0.39 is 34.1 Å². The van der Waals surface area contributed by atoms with Crippen molar-refractivity contribution in [1.29, 1.82) is 0 Å². The summed E-state index contributed by atoms with van der Waals surface area (Å²) in [6.45, 7) is -0.0280. The number of aromatic nitrogens is 4. The van der Waals surface area contributed by atoms with Gasteiger partial charge in [-0.2, -0.15) is 22.5 Å². The van der Waals surface area contributed by atoms with Gasteiger partial charge in [-0.25, -0.2) is 14.8 Å². The van der Waals surface area contributed by atoms with Crippen LogP contribution < -0.4 is 19.9 Å². The highest BCUT2D eigenvalue weighted by atomic mass is 35.5. The minimum Gasteiger partial charge on any atom is -0.467 e. The fourth-order valence-electron chi connectivity index (χ4n) is 2.97. The predicted octanol–water partition coefficient (Wildman–Crippen LogP) is 5.49. The van der Waals surface area contributed by atoms with Gasteiger partial charge in [-0.1, -0.05) is 11.6 Å². The van der Waals surface area contributed by atoms with E-state index in [4.69, 9.17) is 25.8 Å². The molecule has 0 saturated heterocycles. The first kappa shape index (κ1) is 24.9. The van der Waals surface area contributed by atoms with Crippen molar-refractivity contribution >= 4 is 11.6 Å². The molecule has 4 aromatic rings. The maximum Gasteiger partial charge on any atom is 0.417 e. The third-order valence-electron chi connectivity index (χ3n) is 4.65. The molecule has 0 saturated carbocycles. The Bertz CT molecular complexity index is 1430. The van der Waals surface area contributed by atoms with Gasteiger partial charge in [0, 0.05) is 18.0 Å². The van der Waals surface area contributed by atoms with E-state index >= 15 is 0 Å². The molecule has 2 aromatic carbocycles. The van der Waals surface area contributed by atoms with Gasteiger partial charge < -0.3 is 14.2 Å². The molecule has 2 aromatic heterocycles. The van der Waals surface area contributed by atoms with Crippen molar-refractivity contribution in [2.75, 3.05) is 7.11 Å². The fraction of sp³-hybridized carbons (Fsp3) is 0.130. The smallest absolute Gasteiger partial charge is 0.417 e. The molecule has 36 heavy (non-hydrogen) atoms. The molecule has 13 heteroatoms. The highest BCUT2D eigenvalue weighted by molar-refractivity contribution is 6.31. The molecule has 2 heterocycles. The van der Waals surface area contributed by atoms with Gasteiger partial charge in [0.1, 0.15) is 17.2 Å². The van der Waals surface area contributed by atoms with Gasteiger partial charge in [0.05, 0.1) is 30.4 Å². The van der Waals surface area contributed by atoms with Gasteiger partial charge in [-0.15, -0.1) is 0 Å². The Balaban J connectivity index is 1.45. The van der Waals surface area contributed by atoms with Crippen LogP contribution in [0.2, 0.25) is 5.02 Å². The molecular weight excluding hydrogens is 508 g/mol. The van der Waals surface area contributed by atoms with E-state index in [1.54, 1.807) is 0 Å². The van der Waals surface area contributed by atoms with Crippen LogP contribution in [-0.2, 0) is 12.7 Å². The van der Waals surface area contributed by atoms with E-state index in [9.17, 15) is 22.4 Å². The maximum atomic E-state index is 14.5. The third kappa shape index (κ3) is 5.89. The summed E-state index contributed by atoms with van der Waals surface area (Å²) in [6, 6.07) is 8.81. The molecule has 0 bridgehead atoms. The largest absolute Gasteiger partial charge is 0.467 e. The zero-order valence-electron chi connectivity index (χ0n) is 18.3. The average molecular weight is 523 g/mol. The zero-order chi connectivity index (χ0) is 25.9. The maximum absolute atomic E-state index is 14.5. The Hall–Kier alpha value is -4.19. The molecule has 0 spiro atoms. The number of nitrogens with zero attached hydrogens (tertiary/aromatic N) is 4. The van der Waals surface area contributed by atoms with Gasteiger partial charge in [-0.05, 0) is 42.5 Å². The standard InChI is InChI=1S/C23H15ClF4N4O4/c1-34-21-29-9-13(10-30-21)11-32-12-19(25)20(31-22(32)33)36-15-4-2-14(3-5-15)35-16-6-7-18(24)17(8-16)23(26,27)28/h2-10,12H,11H2,1H3. The van der Waals surface area contributed by atoms with Gasteiger partial charge >= 0.3 is 17.9 Å². The molecule has 0 N–H and O–H groups in total. The van der Waals surface area contributed by atoms with Crippen LogP contribution in [0.1, 0.15) is 11.1 Å². The highest BCUT2D eigenvalue weighted by Crippen LogP contribution is 2.38. The summed E-state index contributed by atoms with van der Waals surface area (Å²) in [5.74, 6) is -1.24. The summed E-state index contributed by atoms with van der Waals surface area (Å²) in [6.07, 6.45) is -0.844. The van der Waals surface area contributed by atoms with E-state index in [0.717, 1.165) is 22.9 Å². The van der Waals surface area contributed by atoms with Crippen molar-refractivity contribution in [1.82, 2.24) is 19.5 Å². The number of rotatable bonds is 7. The van der Waals surface area contributed by atoms with Crippen LogP contribution >= 0.6 is 11.6 Å². The molecule has 4 rings (SSSR count). The van der Waals surface area contributed by atoms with Crippen molar-refractivity contribution in [2.45, 2.75) is 12.7 Å². The summed E-state index contributed by atoms with van der Waals surface area (Å²) in [4.78, 5) is 23.8. The summed E-state index contributed by atoms with van der Waals surface area (Å²) in [5, 5.41) is -0.451. The van der Waals surface area contributed by atoms with Gasteiger partial charge in [0.25, 0.3) is 5.88 Å². The van der Waals surface area contributed by atoms with Crippen molar-refractivity contribution in [3.8, 4) is 29.1 Å². The Morgan fingerprint density at radius 3 is 2.19 bits per heavy atom. The molecule has 0 aliphatic rings. The lowest BCUT2D eigenvalue weighted by atomic mass is 10.2. The number of hydrogen-bond acceptors (Lipinski definition) is 7. The Labute approximate surface area is 205 Å². The van der Waals surface area contributed by atoms with E-state index in [-0.39, 0.29) is 29.8 Å². The molecule has 0 radical (unpaired) electrons. The molecule has 0 atom stereocenters. The lowest BCUT2D eigenvalue weighted by Gasteiger charge is -2.12. The van der Waals surface area contributed by atoms with Gasteiger partial charge in [0.2, 0.25) is 5.82 Å². The highest BCUT2D eigenvalue weighted by Gasteiger charge is 2.33. The number of ether oxygens (including phenoxy) is 3. The quantitative estimate of drug-likeness (QED) is 0.297. The predicted molar refractivity (Wildman–Crippen MR) is 119 cm³/mol. The minimum absolute atomic E-state index is 0.0280. The van der Waals surface area contributed by atoms with E-state index in [1.807, 2.05) is 0 Å². The molecule has 0 amide bonds. The molecule has 0 fully saturated rings. The number of benzene rings is 2. The SMILES string of the molecule is COc1ncc(Cn2cc(F)c(Oc3ccc(Oc4ccc(Cl)c(C(F)(F)F)c4)cc3)nc2=O)cn1. The summed E-state index contributed by atoms with van der Waals surface area (Å²) in [5.41, 5.74) is -1.28. The molecule has 8 nitrogen and oxygen atoms in total. The lowest BCUT2D eigenvalue weighted by Crippen LogP contribution is -2.24. The second-order valence-electron chi connectivity index (χ2n) is 7.20. The zero-order valence-corrected chi connectivity index (χ0v) is 19.0. The molecule has 0 aliphatic heterocycles. The van der Waals surface area contributed by atoms with Crippen LogP contribution in [0.25, 0.3) is 0 Å². The average Bonchev–Trinajstić information content (AvgIpc) is 2.84. The van der Waals surface area contributed by atoms with Gasteiger partial charge in [-0.3, -0.25) is 4.57 Å². The van der Waals surface area contributed by atoms with E-state index in [2.05, 4.69) is 15.0 Å². The van der Waals surface area contributed by atoms with E-state index in [1.165, 1.54) is 49.8 Å². The second-order valence-corrected chi connectivity index (χ2v) is 7.60. The minimum atomic E-state index is -4.64. The number of halogens is 5.